The third-order valence-electron chi connectivity index (χ3n) is 3.51. The molecule has 0 saturated carbocycles. The molecule has 0 saturated heterocycles. The number of rotatable bonds is 2. The Bertz CT molecular complexity index is 751. The van der Waals surface area contributed by atoms with E-state index in [1.807, 2.05) is 12.1 Å². The predicted octanol–water partition coefficient (Wildman–Crippen LogP) is 1.70. The van der Waals surface area contributed by atoms with Crippen LogP contribution in [0.4, 0.5) is 0 Å². The van der Waals surface area contributed by atoms with Crippen molar-refractivity contribution in [3.8, 4) is 5.75 Å². The molecule has 0 atom stereocenters. The highest BCUT2D eigenvalue weighted by atomic mass is 32.1. The lowest BCUT2D eigenvalue weighted by molar-refractivity contribution is 0.241. The van der Waals surface area contributed by atoms with Gasteiger partial charge in [0.05, 0.1) is 5.56 Å². The lowest BCUT2D eigenvalue weighted by Gasteiger charge is -2.27. The van der Waals surface area contributed by atoms with Gasteiger partial charge in [-0.15, -0.1) is 0 Å². The molecule has 2 aromatic rings. The molecule has 5 nitrogen and oxygen atoms in total. The highest BCUT2D eigenvalue weighted by Crippen LogP contribution is 2.18. The Kier molecular flexibility index (Phi) is 3.42. The molecule has 1 aliphatic rings. The van der Waals surface area contributed by atoms with Gasteiger partial charge in [0.15, 0.2) is 4.77 Å². The van der Waals surface area contributed by atoms with E-state index in [-0.39, 0.29) is 11.3 Å². The molecule has 20 heavy (non-hydrogen) atoms. The lowest BCUT2D eigenvalue weighted by atomic mass is 10.1. The molecule has 0 radical (unpaired) electrons. The number of aromatic hydroxyl groups is 1. The number of aromatic amines is 2. The zero-order valence-electron chi connectivity index (χ0n) is 10.8. The molecular weight excluding hydrogens is 274 g/mol. The third kappa shape index (κ3) is 2.66. The van der Waals surface area contributed by atoms with Gasteiger partial charge >= 0.3 is 0 Å². The summed E-state index contributed by atoms with van der Waals surface area (Å²) in [7, 11) is 0. The number of nitrogens with one attached hydrogen (secondary N) is 2. The average Bonchev–Trinajstić information content (AvgIpc) is 2.39. The van der Waals surface area contributed by atoms with Crippen molar-refractivity contribution in [2.45, 2.75) is 19.5 Å². The number of aromatic nitrogens is 2. The van der Waals surface area contributed by atoms with E-state index >= 15 is 0 Å². The summed E-state index contributed by atoms with van der Waals surface area (Å²) in [6.45, 7) is 2.16. The van der Waals surface area contributed by atoms with Gasteiger partial charge in [-0.3, -0.25) is 14.7 Å². The van der Waals surface area contributed by atoms with Gasteiger partial charge in [0, 0.05) is 31.7 Å². The van der Waals surface area contributed by atoms with E-state index in [0.717, 1.165) is 29.8 Å². The van der Waals surface area contributed by atoms with E-state index < -0.39 is 0 Å². The number of phenols is 1. The van der Waals surface area contributed by atoms with Crippen molar-refractivity contribution in [2.24, 2.45) is 0 Å². The first-order chi connectivity index (χ1) is 9.61. The van der Waals surface area contributed by atoms with Crippen LogP contribution >= 0.6 is 12.2 Å². The zero-order valence-corrected chi connectivity index (χ0v) is 11.7. The molecule has 0 spiro atoms. The smallest absolute Gasteiger partial charge is 0.256 e. The van der Waals surface area contributed by atoms with E-state index in [9.17, 15) is 9.90 Å². The molecular formula is C14H15N3O2S. The molecule has 0 aliphatic carbocycles. The van der Waals surface area contributed by atoms with Crippen LogP contribution in [0.1, 0.15) is 16.8 Å². The molecule has 6 heteroatoms. The minimum absolute atomic E-state index is 0.107. The largest absolute Gasteiger partial charge is 0.508 e. The summed E-state index contributed by atoms with van der Waals surface area (Å²) < 4.78 is 0.384. The highest BCUT2D eigenvalue weighted by molar-refractivity contribution is 7.71. The molecule has 0 amide bonds. The van der Waals surface area contributed by atoms with Crippen molar-refractivity contribution < 1.29 is 5.11 Å². The van der Waals surface area contributed by atoms with Gasteiger partial charge in [-0.1, -0.05) is 12.1 Å². The quantitative estimate of drug-likeness (QED) is 0.736. The number of phenolic OH excluding ortho intramolecular Hbond substituents is 1. The van der Waals surface area contributed by atoms with Crippen molar-refractivity contribution >= 4 is 12.2 Å². The summed E-state index contributed by atoms with van der Waals surface area (Å²) in [5.41, 5.74) is 2.62. The molecule has 104 valence electrons. The molecule has 0 fully saturated rings. The predicted molar refractivity (Wildman–Crippen MR) is 78.2 cm³/mol. The van der Waals surface area contributed by atoms with E-state index in [4.69, 9.17) is 12.2 Å². The maximum absolute atomic E-state index is 11.9. The number of benzene rings is 1. The van der Waals surface area contributed by atoms with Crippen LogP contribution in [0, 0.1) is 4.77 Å². The van der Waals surface area contributed by atoms with Crippen molar-refractivity contribution in [3.63, 3.8) is 0 Å². The maximum Gasteiger partial charge on any atom is 0.256 e. The van der Waals surface area contributed by atoms with Crippen LogP contribution in [-0.4, -0.2) is 26.5 Å². The second-order valence-corrected chi connectivity index (χ2v) is 5.40. The van der Waals surface area contributed by atoms with Crippen LogP contribution in [0.15, 0.2) is 29.1 Å². The van der Waals surface area contributed by atoms with Crippen molar-refractivity contribution in [1.29, 1.82) is 0 Å². The Hall–Kier alpha value is -1.92. The summed E-state index contributed by atoms with van der Waals surface area (Å²) >= 11 is 4.98. The van der Waals surface area contributed by atoms with Crippen molar-refractivity contribution in [3.05, 3.63) is 56.2 Å². The SMILES string of the molecule is O=c1[nH]c(=S)[nH]c2c1CN(Cc1cccc(O)c1)CC2. The Morgan fingerprint density at radius 1 is 1.35 bits per heavy atom. The standard InChI is InChI=1S/C14H15N3O2S/c18-10-3-1-2-9(6-10)7-17-5-4-12-11(8-17)13(19)16-14(20)15-12/h1-3,6,18H,4-5,7-8H2,(H2,15,16,19,20). The van der Waals surface area contributed by atoms with Gasteiger partial charge in [0.2, 0.25) is 0 Å². The second kappa shape index (κ2) is 5.22. The van der Waals surface area contributed by atoms with Crippen LogP contribution in [0.3, 0.4) is 0 Å². The van der Waals surface area contributed by atoms with Gasteiger partial charge in [0.1, 0.15) is 5.75 Å². The monoisotopic (exact) mass is 289 g/mol. The number of hydrogen-bond acceptors (Lipinski definition) is 4. The summed E-state index contributed by atoms with van der Waals surface area (Å²) in [4.78, 5) is 19.8. The van der Waals surface area contributed by atoms with E-state index in [2.05, 4.69) is 14.9 Å². The summed E-state index contributed by atoms with van der Waals surface area (Å²) in [6.07, 6.45) is 0.779. The normalized spacial score (nSPS) is 15.0. The molecule has 1 aliphatic heterocycles. The Morgan fingerprint density at radius 3 is 3.00 bits per heavy atom. The number of hydrogen-bond donors (Lipinski definition) is 3. The molecule has 1 aromatic heterocycles. The van der Waals surface area contributed by atoms with Gasteiger partial charge in [0.25, 0.3) is 5.56 Å². The van der Waals surface area contributed by atoms with Crippen LogP contribution < -0.4 is 5.56 Å². The van der Waals surface area contributed by atoms with Crippen LogP contribution in [0.2, 0.25) is 0 Å². The minimum atomic E-state index is -0.107. The van der Waals surface area contributed by atoms with Crippen LogP contribution in [0.5, 0.6) is 5.75 Å². The topological polar surface area (TPSA) is 72.1 Å². The van der Waals surface area contributed by atoms with E-state index in [1.165, 1.54) is 0 Å². The molecule has 3 N–H and O–H groups in total. The molecule has 0 unspecified atom stereocenters. The number of nitrogens with zero attached hydrogens (tertiary/aromatic N) is 1. The second-order valence-electron chi connectivity index (χ2n) is 5.00. The van der Waals surface area contributed by atoms with E-state index in [0.29, 0.717) is 17.9 Å². The van der Waals surface area contributed by atoms with Gasteiger partial charge < -0.3 is 10.1 Å². The van der Waals surface area contributed by atoms with Crippen molar-refractivity contribution in [2.75, 3.05) is 6.54 Å². The summed E-state index contributed by atoms with van der Waals surface area (Å²) in [5.74, 6) is 0.266. The fourth-order valence-corrected chi connectivity index (χ4v) is 2.78. The Morgan fingerprint density at radius 2 is 2.20 bits per heavy atom. The van der Waals surface area contributed by atoms with E-state index in [1.54, 1.807) is 12.1 Å². The van der Waals surface area contributed by atoms with Crippen LogP contribution in [0.25, 0.3) is 0 Å². The van der Waals surface area contributed by atoms with Crippen LogP contribution in [-0.2, 0) is 19.5 Å². The number of H-pyrrole nitrogens is 2. The maximum atomic E-state index is 11.9. The van der Waals surface area contributed by atoms with Gasteiger partial charge in [-0.25, -0.2) is 0 Å². The highest BCUT2D eigenvalue weighted by Gasteiger charge is 2.19. The molecule has 3 rings (SSSR count). The zero-order chi connectivity index (χ0) is 14.1. The average molecular weight is 289 g/mol. The molecule has 2 heterocycles. The first-order valence-electron chi connectivity index (χ1n) is 6.46. The third-order valence-corrected chi connectivity index (χ3v) is 3.71. The summed E-state index contributed by atoms with van der Waals surface area (Å²) in [6, 6.07) is 7.20. The first kappa shape index (κ1) is 13.1. The first-order valence-corrected chi connectivity index (χ1v) is 6.87. The Labute approximate surface area is 120 Å². The number of fused-ring (bicyclic) bond motifs is 1. The van der Waals surface area contributed by atoms with Crippen molar-refractivity contribution in [1.82, 2.24) is 14.9 Å². The molecule has 0 bridgehead atoms. The lowest BCUT2D eigenvalue weighted by Crippen LogP contribution is -2.35. The fourth-order valence-electron chi connectivity index (χ4n) is 2.56. The van der Waals surface area contributed by atoms with Gasteiger partial charge in [-0.2, -0.15) is 0 Å². The molecule has 1 aromatic carbocycles. The van der Waals surface area contributed by atoms with Gasteiger partial charge in [-0.05, 0) is 29.9 Å². The Balaban J connectivity index is 1.82. The fraction of sp³-hybridized carbons (Fsp3) is 0.286. The summed E-state index contributed by atoms with van der Waals surface area (Å²) in [5, 5.41) is 9.48. The minimum Gasteiger partial charge on any atom is -0.508 e.